The van der Waals surface area contributed by atoms with Crippen LogP contribution in [0.25, 0.3) is 10.9 Å². The second-order valence-electron chi connectivity index (χ2n) is 4.58. The predicted octanol–water partition coefficient (Wildman–Crippen LogP) is 3.18. The fourth-order valence-electron chi connectivity index (χ4n) is 1.89. The van der Waals surface area contributed by atoms with Crippen LogP contribution in [0.3, 0.4) is 0 Å². The van der Waals surface area contributed by atoms with E-state index < -0.39 is 11.9 Å². The number of carbonyl (C=O) groups excluding carboxylic acids is 2. The van der Waals surface area contributed by atoms with Crippen LogP contribution in [0.5, 0.6) is 0 Å². The monoisotopic (exact) mass is 306 g/mol. The second-order valence-corrected chi connectivity index (χ2v) is 4.58. The number of methoxy groups -OCH3 is 1. The number of carbonyl (C=O) groups is 2. The largest absolute Gasteiger partial charge is 0.464 e. The zero-order valence-electron chi connectivity index (χ0n) is 12.4. The lowest BCUT2D eigenvalue weighted by Gasteiger charge is -2.08. The summed E-state index contributed by atoms with van der Waals surface area (Å²) in [5.74, 6) is -1.08. The normalized spacial score (nSPS) is 10.5. The highest BCUT2D eigenvalue weighted by Gasteiger charge is 2.14. The Morgan fingerprint density at radius 1 is 1.13 bits per heavy atom. The van der Waals surface area contributed by atoms with Crippen LogP contribution in [0.2, 0.25) is 0 Å². The zero-order chi connectivity index (χ0) is 16.7. The third kappa shape index (κ3) is 4.29. The van der Waals surface area contributed by atoms with E-state index in [1.807, 2.05) is 0 Å². The average molecular weight is 306 g/mol. The number of amides is 1. The van der Waals surface area contributed by atoms with Crippen molar-refractivity contribution >= 4 is 23.6 Å². The van der Waals surface area contributed by atoms with Gasteiger partial charge in [0.2, 0.25) is 0 Å². The molecule has 0 heterocycles. The predicted molar refractivity (Wildman–Crippen MR) is 86.6 cm³/mol. The van der Waals surface area contributed by atoms with Crippen molar-refractivity contribution in [1.29, 1.82) is 0 Å². The highest BCUT2D eigenvalue weighted by Crippen LogP contribution is 2.16. The number of hydrogen-bond acceptors (Lipinski definition) is 3. The Hall–Kier alpha value is -3.39. The molecule has 2 aromatic rings. The van der Waals surface area contributed by atoms with Crippen molar-refractivity contribution in [2.45, 2.75) is 0 Å². The topological polar surface area (TPSA) is 59.8 Å². The lowest BCUT2D eigenvalue weighted by Crippen LogP contribution is -2.28. The van der Waals surface area contributed by atoms with E-state index in [0.29, 0.717) is 16.8 Å². The number of nitrogens with zero attached hydrogens (tertiary/aromatic N) is 1. The maximum Gasteiger partial charge on any atom is 0.354 e. The van der Waals surface area contributed by atoms with Gasteiger partial charge in [-0.2, -0.15) is 0 Å². The Labute approximate surface area is 134 Å². The maximum absolute atomic E-state index is 12.2. The van der Waals surface area contributed by atoms with Crippen LogP contribution in [0, 0.1) is 6.57 Å². The minimum absolute atomic E-state index is 0.00323. The van der Waals surface area contributed by atoms with E-state index in [2.05, 4.69) is 10.2 Å². The van der Waals surface area contributed by atoms with Crippen molar-refractivity contribution in [2.75, 3.05) is 7.11 Å². The molecule has 1 N–H and O–H groups in total. The molecule has 114 valence electrons. The summed E-state index contributed by atoms with van der Waals surface area (Å²) in [6.45, 7) is 7.01. The molecule has 0 aliphatic rings. The summed E-state index contributed by atoms with van der Waals surface area (Å²) in [4.78, 5) is 27.4. The van der Waals surface area contributed by atoms with Crippen molar-refractivity contribution in [1.82, 2.24) is 5.32 Å². The summed E-state index contributed by atoms with van der Waals surface area (Å²) in [6.07, 6.45) is 1.47. The van der Waals surface area contributed by atoms with Crippen molar-refractivity contribution in [2.24, 2.45) is 0 Å². The van der Waals surface area contributed by atoms with Gasteiger partial charge in [0.25, 0.3) is 5.91 Å². The molecule has 0 saturated carbocycles. The summed E-state index contributed by atoms with van der Waals surface area (Å²) < 4.78 is 4.70. The van der Waals surface area contributed by atoms with Crippen LogP contribution in [-0.4, -0.2) is 19.0 Å². The molecular weight excluding hydrogens is 292 g/mol. The summed E-state index contributed by atoms with van der Waals surface area (Å²) in [5, 5.41) is 2.54. The van der Waals surface area contributed by atoms with Crippen molar-refractivity contribution < 1.29 is 14.3 Å². The van der Waals surface area contributed by atoms with E-state index >= 15 is 0 Å². The molecule has 2 rings (SSSR count). The molecule has 5 heteroatoms. The molecule has 0 fully saturated rings. The van der Waals surface area contributed by atoms with Crippen LogP contribution in [0.1, 0.15) is 15.9 Å². The second kappa shape index (κ2) is 7.57. The van der Waals surface area contributed by atoms with Crippen LogP contribution < -0.4 is 5.32 Å². The van der Waals surface area contributed by atoms with Gasteiger partial charge in [0, 0.05) is 5.56 Å². The van der Waals surface area contributed by atoms with Gasteiger partial charge in [-0.25, -0.2) is 9.64 Å². The quantitative estimate of drug-likeness (QED) is 0.536. The molecule has 0 unspecified atom stereocenters. The Morgan fingerprint density at radius 2 is 1.87 bits per heavy atom. The third-order valence-electron chi connectivity index (χ3n) is 3.00. The molecule has 0 atom stereocenters. The third-order valence-corrected chi connectivity index (χ3v) is 3.00. The fourth-order valence-corrected chi connectivity index (χ4v) is 1.89. The van der Waals surface area contributed by atoms with E-state index in [0.717, 1.165) is 0 Å². The maximum atomic E-state index is 12.2. The van der Waals surface area contributed by atoms with Gasteiger partial charge in [0.1, 0.15) is 5.70 Å². The number of rotatable bonds is 4. The number of nitrogens with one attached hydrogen (secondary N) is 1. The van der Waals surface area contributed by atoms with Gasteiger partial charge in [-0.15, -0.1) is 0 Å². The minimum Gasteiger partial charge on any atom is -0.464 e. The molecule has 2 aromatic carbocycles. The SMILES string of the molecule is [C-]#[N+]c1cccc(C=C(NC(=O)c2ccccc2)C(=O)OC)c1. The average Bonchev–Trinajstić information content (AvgIpc) is 2.61. The van der Waals surface area contributed by atoms with Gasteiger partial charge in [-0.3, -0.25) is 4.79 Å². The number of ether oxygens (including phenoxy) is 1. The van der Waals surface area contributed by atoms with Crippen molar-refractivity contribution in [3.63, 3.8) is 0 Å². The van der Waals surface area contributed by atoms with E-state index in [9.17, 15) is 9.59 Å². The molecule has 5 nitrogen and oxygen atoms in total. The van der Waals surface area contributed by atoms with Gasteiger partial charge in [0.05, 0.1) is 13.7 Å². The minimum atomic E-state index is -0.664. The molecule has 0 saturated heterocycles. The first-order valence-corrected chi connectivity index (χ1v) is 6.78. The lowest BCUT2D eigenvalue weighted by molar-refractivity contribution is -0.136. The summed E-state index contributed by atoms with van der Waals surface area (Å²) >= 11 is 0. The Bertz CT molecular complexity index is 789. The fraction of sp³-hybridized carbons (Fsp3) is 0.0556. The molecular formula is C18H14N2O3. The van der Waals surface area contributed by atoms with Crippen molar-refractivity contribution in [3.8, 4) is 0 Å². The standard InChI is InChI=1S/C18H14N2O3/c1-19-15-10-6-7-13(11-15)12-16(18(22)23-2)20-17(21)14-8-4-3-5-9-14/h3-12H,2H3,(H,20,21). The molecule has 0 radical (unpaired) electrons. The Morgan fingerprint density at radius 3 is 2.52 bits per heavy atom. The van der Waals surface area contributed by atoms with Gasteiger partial charge in [0.15, 0.2) is 5.69 Å². The number of hydrogen-bond donors (Lipinski definition) is 1. The molecule has 0 bridgehead atoms. The summed E-state index contributed by atoms with van der Waals surface area (Å²) in [6, 6.07) is 15.2. The molecule has 1 amide bonds. The molecule has 0 aliphatic heterocycles. The highest BCUT2D eigenvalue weighted by atomic mass is 16.5. The van der Waals surface area contributed by atoms with Crippen molar-refractivity contribution in [3.05, 3.63) is 82.8 Å². The van der Waals surface area contributed by atoms with Gasteiger partial charge in [-0.1, -0.05) is 36.4 Å². The molecule has 0 aromatic heterocycles. The first-order chi connectivity index (χ1) is 11.1. The first kappa shape index (κ1) is 16.0. The molecule has 0 spiro atoms. The van der Waals surface area contributed by atoms with Gasteiger partial charge >= 0.3 is 5.97 Å². The smallest absolute Gasteiger partial charge is 0.354 e. The zero-order valence-corrected chi connectivity index (χ0v) is 12.4. The molecule has 23 heavy (non-hydrogen) atoms. The Kier molecular flexibility index (Phi) is 5.26. The first-order valence-electron chi connectivity index (χ1n) is 6.78. The van der Waals surface area contributed by atoms with Gasteiger partial charge < -0.3 is 10.1 Å². The van der Waals surface area contributed by atoms with Crippen LogP contribution in [0.4, 0.5) is 5.69 Å². The van der Waals surface area contributed by atoms with Crippen LogP contribution in [-0.2, 0) is 9.53 Å². The summed E-state index contributed by atoms with van der Waals surface area (Å²) in [7, 11) is 1.24. The van der Waals surface area contributed by atoms with E-state index in [-0.39, 0.29) is 5.70 Å². The highest BCUT2D eigenvalue weighted by molar-refractivity contribution is 6.03. The number of benzene rings is 2. The van der Waals surface area contributed by atoms with E-state index in [1.54, 1.807) is 54.6 Å². The van der Waals surface area contributed by atoms with Crippen LogP contribution in [0.15, 0.2) is 60.3 Å². The van der Waals surface area contributed by atoms with E-state index in [4.69, 9.17) is 11.3 Å². The summed E-state index contributed by atoms with van der Waals surface area (Å²) in [5.41, 5.74) is 1.49. The number of esters is 1. The van der Waals surface area contributed by atoms with Gasteiger partial charge in [-0.05, 0) is 29.8 Å². The Balaban J connectivity index is 2.30. The lowest BCUT2D eigenvalue weighted by atomic mass is 10.1. The molecule has 0 aliphatic carbocycles. The van der Waals surface area contributed by atoms with Crippen LogP contribution >= 0.6 is 0 Å². The van der Waals surface area contributed by atoms with E-state index in [1.165, 1.54) is 13.2 Å².